The second kappa shape index (κ2) is 14.0. The molecule has 4 heteroatoms. The van der Waals surface area contributed by atoms with E-state index < -0.39 is 0 Å². The maximum Gasteiger partial charge on any atom is 0.257 e. The highest BCUT2D eigenvalue weighted by Crippen LogP contribution is 2.37. The van der Waals surface area contributed by atoms with Gasteiger partial charge in [-0.2, -0.15) is 0 Å². The van der Waals surface area contributed by atoms with Gasteiger partial charge in [0.2, 0.25) is 0 Å². The lowest BCUT2D eigenvalue weighted by atomic mass is 10.1. The van der Waals surface area contributed by atoms with Gasteiger partial charge in [-0.25, -0.2) is 0 Å². The molecule has 0 spiro atoms. The molecular weight excluding hydrogens is 452 g/mol. The molecule has 158 valence electrons. The Kier molecular flexibility index (Phi) is 14.4. The van der Waals surface area contributed by atoms with Crippen molar-refractivity contribution in [3.63, 3.8) is 0 Å². The predicted molar refractivity (Wildman–Crippen MR) is 126 cm³/mol. The van der Waals surface area contributed by atoms with E-state index in [0.717, 1.165) is 15.5 Å². The Morgan fingerprint density at radius 3 is 1.42 bits per heavy atom. The van der Waals surface area contributed by atoms with Crippen LogP contribution >= 0.6 is 31.9 Å². The van der Waals surface area contributed by atoms with Gasteiger partial charge in [-0.15, -0.1) is 0 Å². The Morgan fingerprint density at radius 2 is 0.962 bits per heavy atom. The van der Waals surface area contributed by atoms with Crippen LogP contribution < -0.4 is 0 Å². The highest BCUT2D eigenvalue weighted by molar-refractivity contribution is 9.25. The van der Waals surface area contributed by atoms with Gasteiger partial charge in [0, 0.05) is 31.9 Å². The van der Waals surface area contributed by atoms with Gasteiger partial charge in [0.25, 0.3) is 3.36 Å². The van der Waals surface area contributed by atoms with Crippen molar-refractivity contribution in [1.82, 2.24) is 0 Å². The van der Waals surface area contributed by atoms with Crippen molar-refractivity contribution in [2.24, 2.45) is 0 Å². The number of nitrogens with zero attached hydrogens (tertiary/aromatic N) is 2. The SMILES string of the molecule is CCCCCCCC[N+](C)(C)CC(Br)(Br)[N+](C)(C)CCCCCCCC. The molecule has 0 amide bonds. The highest BCUT2D eigenvalue weighted by atomic mass is 79.9. The van der Waals surface area contributed by atoms with Gasteiger partial charge in [0.05, 0.1) is 41.3 Å². The Hall–Kier alpha value is 0.880. The maximum absolute atomic E-state index is 4.05. The molecule has 2 nitrogen and oxygen atoms in total. The van der Waals surface area contributed by atoms with E-state index in [2.05, 4.69) is 73.9 Å². The summed E-state index contributed by atoms with van der Waals surface area (Å²) in [5.41, 5.74) is 0. The zero-order chi connectivity index (χ0) is 20.1. The number of quaternary nitrogens is 2. The number of hydrogen-bond acceptors (Lipinski definition) is 0. The van der Waals surface area contributed by atoms with Crippen LogP contribution in [0.15, 0.2) is 0 Å². The third kappa shape index (κ3) is 12.4. The lowest BCUT2D eigenvalue weighted by Gasteiger charge is -2.45. The molecule has 0 unspecified atom stereocenters. The third-order valence-corrected chi connectivity index (χ3v) is 8.11. The fourth-order valence-corrected chi connectivity index (χ4v) is 5.27. The fourth-order valence-electron chi connectivity index (χ4n) is 3.56. The minimum Gasteiger partial charge on any atom is -0.322 e. The first-order valence-electron chi connectivity index (χ1n) is 11.1. The van der Waals surface area contributed by atoms with Crippen molar-refractivity contribution in [1.29, 1.82) is 0 Å². The van der Waals surface area contributed by atoms with Crippen LogP contribution in [-0.2, 0) is 0 Å². The molecule has 0 aliphatic rings. The van der Waals surface area contributed by atoms with Gasteiger partial charge < -0.3 is 8.97 Å². The van der Waals surface area contributed by atoms with E-state index in [1.165, 1.54) is 90.1 Å². The van der Waals surface area contributed by atoms with Gasteiger partial charge >= 0.3 is 0 Å². The summed E-state index contributed by atoms with van der Waals surface area (Å²) in [6, 6.07) is 0. The second-order valence-corrected chi connectivity index (χ2v) is 13.1. The Balaban J connectivity index is 4.25. The van der Waals surface area contributed by atoms with Crippen LogP contribution in [0, 0.1) is 0 Å². The normalized spacial score (nSPS) is 13.4. The van der Waals surface area contributed by atoms with E-state index in [1.807, 2.05) is 0 Å². The third-order valence-electron chi connectivity index (χ3n) is 5.69. The van der Waals surface area contributed by atoms with E-state index in [1.54, 1.807) is 0 Å². The van der Waals surface area contributed by atoms with E-state index in [0.29, 0.717) is 0 Å². The van der Waals surface area contributed by atoms with Gasteiger partial charge in [0.1, 0.15) is 0 Å². The summed E-state index contributed by atoms with van der Waals surface area (Å²) in [5.74, 6) is 0. The van der Waals surface area contributed by atoms with Gasteiger partial charge in [-0.3, -0.25) is 0 Å². The molecule has 0 fully saturated rings. The molecule has 0 saturated heterocycles. The minimum atomic E-state index is -0.0465. The summed E-state index contributed by atoms with van der Waals surface area (Å²) in [4.78, 5) is 0. The summed E-state index contributed by atoms with van der Waals surface area (Å²) < 4.78 is 2.01. The van der Waals surface area contributed by atoms with Crippen molar-refractivity contribution in [3.8, 4) is 0 Å². The quantitative estimate of drug-likeness (QED) is 0.0851. The van der Waals surface area contributed by atoms with Gasteiger partial charge in [-0.1, -0.05) is 65.2 Å². The Bertz CT molecular complexity index is 341. The van der Waals surface area contributed by atoms with Crippen molar-refractivity contribution >= 4 is 31.9 Å². The minimum absolute atomic E-state index is 0.0465. The molecule has 0 aromatic heterocycles. The van der Waals surface area contributed by atoms with Crippen molar-refractivity contribution < 1.29 is 8.97 Å². The van der Waals surface area contributed by atoms with Crippen LogP contribution in [0.5, 0.6) is 0 Å². The lowest BCUT2D eigenvalue weighted by molar-refractivity contribution is -0.958. The largest absolute Gasteiger partial charge is 0.322 e. The number of rotatable bonds is 17. The van der Waals surface area contributed by atoms with E-state index in [-0.39, 0.29) is 3.36 Å². The maximum atomic E-state index is 4.05. The molecule has 0 radical (unpaired) electrons. The first-order valence-corrected chi connectivity index (χ1v) is 12.7. The molecule has 0 N–H and O–H groups in total. The number of unbranched alkanes of at least 4 members (excludes halogenated alkanes) is 10. The summed E-state index contributed by atoms with van der Waals surface area (Å²) in [6.45, 7) is 8.17. The monoisotopic (exact) mass is 498 g/mol. The number of hydrogen-bond donors (Lipinski definition) is 0. The number of alkyl halides is 2. The molecule has 0 heterocycles. The lowest BCUT2D eigenvalue weighted by Crippen LogP contribution is -2.61. The zero-order valence-electron chi connectivity index (χ0n) is 18.8. The van der Waals surface area contributed by atoms with Crippen LogP contribution in [0.1, 0.15) is 90.9 Å². The number of likely N-dealkylation sites (N-methyl/N-ethyl adjacent to an activating group) is 2. The van der Waals surface area contributed by atoms with Gasteiger partial charge in [-0.05, 0) is 25.7 Å². The standard InChI is InChI=1S/C22H48Br2N2/c1-7-9-11-13-15-17-19-25(3,4)21-22(23,24)26(5,6)20-18-16-14-12-10-8-2/h7-21H2,1-6H3/q+2. The van der Waals surface area contributed by atoms with E-state index in [4.69, 9.17) is 0 Å². The summed E-state index contributed by atoms with van der Waals surface area (Å²) in [7, 11) is 9.49. The molecule has 0 aliphatic carbocycles. The summed E-state index contributed by atoms with van der Waals surface area (Å²) in [6.07, 6.45) is 16.5. The van der Waals surface area contributed by atoms with Crippen LogP contribution in [0.25, 0.3) is 0 Å². The molecule has 0 aromatic carbocycles. The van der Waals surface area contributed by atoms with Gasteiger partial charge in [0.15, 0.2) is 6.54 Å². The molecule has 0 aromatic rings. The zero-order valence-corrected chi connectivity index (χ0v) is 21.9. The van der Waals surface area contributed by atoms with Crippen molar-refractivity contribution in [3.05, 3.63) is 0 Å². The highest BCUT2D eigenvalue weighted by Gasteiger charge is 2.45. The molecular formula is C22H48Br2N2+2. The summed E-state index contributed by atoms with van der Waals surface area (Å²) >= 11 is 8.10. The first kappa shape index (κ1) is 26.9. The predicted octanol–water partition coefficient (Wildman–Crippen LogP) is 7.30. The molecule has 0 rings (SSSR count). The molecule has 0 aliphatic heterocycles. The van der Waals surface area contributed by atoms with E-state index in [9.17, 15) is 0 Å². The van der Waals surface area contributed by atoms with Crippen LogP contribution in [0.2, 0.25) is 0 Å². The first-order chi connectivity index (χ1) is 12.1. The average molecular weight is 500 g/mol. The molecule has 26 heavy (non-hydrogen) atoms. The Labute approximate surface area is 182 Å². The smallest absolute Gasteiger partial charge is 0.257 e. The van der Waals surface area contributed by atoms with Crippen molar-refractivity contribution in [2.75, 3.05) is 47.8 Å². The fraction of sp³-hybridized carbons (Fsp3) is 1.00. The molecule has 0 atom stereocenters. The van der Waals surface area contributed by atoms with Crippen LogP contribution in [-0.4, -0.2) is 60.1 Å². The molecule has 0 bridgehead atoms. The number of halogens is 2. The van der Waals surface area contributed by atoms with E-state index >= 15 is 0 Å². The second-order valence-electron chi connectivity index (χ2n) is 9.43. The van der Waals surface area contributed by atoms with Crippen molar-refractivity contribution in [2.45, 2.75) is 94.3 Å². The summed E-state index contributed by atoms with van der Waals surface area (Å²) in [5, 5.41) is 0. The van der Waals surface area contributed by atoms with Crippen LogP contribution in [0.4, 0.5) is 0 Å². The molecule has 0 saturated carbocycles. The van der Waals surface area contributed by atoms with Crippen LogP contribution in [0.3, 0.4) is 0 Å². The Morgan fingerprint density at radius 1 is 0.577 bits per heavy atom. The average Bonchev–Trinajstić information content (AvgIpc) is 2.53. The topological polar surface area (TPSA) is 0 Å².